The Balaban J connectivity index is 1.70. The van der Waals surface area contributed by atoms with Gasteiger partial charge in [-0.1, -0.05) is 48.5 Å². The van der Waals surface area contributed by atoms with Gasteiger partial charge in [0.15, 0.2) is 0 Å². The first kappa shape index (κ1) is 20.7. The molecule has 3 N–H and O–H groups in total. The van der Waals surface area contributed by atoms with Crippen molar-refractivity contribution in [2.24, 2.45) is 0 Å². The van der Waals surface area contributed by atoms with E-state index in [0.29, 0.717) is 0 Å². The SMILES string of the molecule is O=C(NN[C@H](CNS(=O)(=O)c1ccccc1)c1ccccc1)c1ccc(F)cc1. The van der Waals surface area contributed by atoms with Crippen molar-refractivity contribution < 1.29 is 17.6 Å². The van der Waals surface area contributed by atoms with Gasteiger partial charge < -0.3 is 0 Å². The predicted molar refractivity (Wildman–Crippen MR) is 108 cm³/mol. The number of hydrogen-bond donors (Lipinski definition) is 3. The Hall–Kier alpha value is -3.07. The number of carbonyl (C=O) groups excluding carboxylic acids is 1. The maximum absolute atomic E-state index is 13.0. The van der Waals surface area contributed by atoms with Gasteiger partial charge in [0.05, 0.1) is 10.9 Å². The topological polar surface area (TPSA) is 87.3 Å². The molecule has 0 saturated carbocycles. The lowest BCUT2D eigenvalue weighted by Crippen LogP contribution is -2.44. The summed E-state index contributed by atoms with van der Waals surface area (Å²) in [5.74, 6) is -0.899. The largest absolute Gasteiger partial charge is 0.287 e. The van der Waals surface area contributed by atoms with Gasteiger partial charge in [-0.3, -0.25) is 10.2 Å². The van der Waals surface area contributed by atoms with Gasteiger partial charge in [-0.15, -0.1) is 0 Å². The normalized spacial score (nSPS) is 12.3. The molecule has 0 aromatic heterocycles. The second kappa shape index (κ2) is 9.42. The van der Waals surface area contributed by atoms with Crippen molar-refractivity contribution in [1.82, 2.24) is 15.6 Å². The Morgan fingerprint density at radius 2 is 1.45 bits per heavy atom. The number of benzene rings is 3. The number of hydrazine groups is 1. The van der Waals surface area contributed by atoms with Gasteiger partial charge in [-0.2, -0.15) is 0 Å². The Bertz CT molecular complexity index is 1040. The third-order valence-electron chi connectivity index (χ3n) is 4.20. The van der Waals surface area contributed by atoms with Crippen LogP contribution in [0.1, 0.15) is 22.0 Å². The molecule has 3 aromatic carbocycles. The summed E-state index contributed by atoms with van der Waals surface area (Å²) < 4.78 is 40.6. The van der Waals surface area contributed by atoms with Crippen molar-refractivity contribution >= 4 is 15.9 Å². The monoisotopic (exact) mass is 413 g/mol. The Morgan fingerprint density at radius 3 is 2.07 bits per heavy atom. The minimum Gasteiger partial charge on any atom is -0.287 e. The van der Waals surface area contributed by atoms with Crippen molar-refractivity contribution in [3.63, 3.8) is 0 Å². The summed E-state index contributed by atoms with van der Waals surface area (Å²) in [6, 6.07) is 21.7. The fraction of sp³-hybridized carbons (Fsp3) is 0.0952. The number of rotatable bonds is 8. The molecule has 3 rings (SSSR count). The molecule has 0 heterocycles. The lowest BCUT2D eigenvalue weighted by Gasteiger charge is -2.20. The average molecular weight is 413 g/mol. The smallest absolute Gasteiger partial charge is 0.265 e. The highest BCUT2D eigenvalue weighted by molar-refractivity contribution is 7.89. The molecule has 0 bridgehead atoms. The van der Waals surface area contributed by atoms with E-state index in [1.807, 2.05) is 30.3 Å². The highest BCUT2D eigenvalue weighted by Crippen LogP contribution is 2.13. The molecule has 6 nitrogen and oxygen atoms in total. The Labute approximate surface area is 168 Å². The van der Waals surface area contributed by atoms with E-state index in [1.165, 1.54) is 36.4 Å². The fourth-order valence-electron chi connectivity index (χ4n) is 2.64. The molecule has 1 amide bonds. The lowest BCUT2D eigenvalue weighted by molar-refractivity contribution is 0.0925. The second-order valence-electron chi connectivity index (χ2n) is 6.23. The molecular formula is C21H20FN3O3S. The molecule has 0 aliphatic heterocycles. The van der Waals surface area contributed by atoms with Gasteiger partial charge >= 0.3 is 0 Å². The van der Waals surface area contributed by atoms with E-state index < -0.39 is 27.8 Å². The van der Waals surface area contributed by atoms with Crippen LogP contribution < -0.4 is 15.6 Å². The maximum atomic E-state index is 13.0. The number of sulfonamides is 1. The molecule has 0 aliphatic carbocycles. The van der Waals surface area contributed by atoms with Gasteiger partial charge in [0.25, 0.3) is 5.91 Å². The first-order chi connectivity index (χ1) is 14.0. The standard InChI is InChI=1S/C21H20FN3O3S/c22-18-13-11-17(12-14-18)21(26)25-24-20(16-7-3-1-4-8-16)15-23-29(27,28)19-9-5-2-6-10-19/h1-14,20,23-24H,15H2,(H,25,26)/t20-/m1/s1. The number of amides is 1. The van der Waals surface area contributed by atoms with Crippen LogP contribution in [0.25, 0.3) is 0 Å². The molecule has 29 heavy (non-hydrogen) atoms. The van der Waals surface area contributed by atoms with Crippen molar-refractivity contribution in [1.29, 1.82) is 0 Å². The predicted octanol–water partition coefficient (Wildman–Crippen LogP) is 2.78. The summed E-state index contributed by atoms with van der Waals surface area (Å²) in [4.78, 5) is 12.4. The van der Waals surface area contributed by atoms with Crippen molar-refractivity contribution in [3.8, 4) is 0 Å². The van der Waals surface area contributed by atoms with Crippen LogP contribution in [0.15, 0.2) is 89.8 Å². The van der Waals surface area contributed by atoms with E-state index in [4.69, 9.17) is 0 Å². The fourth-order valence-corrected chi connectivity index (χ4v) is 3.71. The third-order valence-corrected chi connectivity index (χ3v) is 5.64. The van der Waals surface area contributed by atoms with Gasteiger partial charge in [0, 0.05) is 12.1 Å². The molecule has 0 radical (unpaired) electrons. The number of halogens is 1. The van der Waals surface area contributed by atoms with Crippen LogP contribution in [0, 0.1) is 5.82 Å². The van der Waals surface area contributed by atoms with E-state index in [1.54, 1.807) is 18.2 Å². The summed E-state index contributed by atoms with van der Waals surface area (Å²) in [7, 11) is -3.70. The highest BCUT2D eigenvalue weighted by atomic mass is 32.2. The van der Waals surface area contributed by atoms with Gasteiger partial charge in [-0.25, -0.2) is 23.0 Å². The number of nitrogens with one attached hydrogen (secondary N) is 3. The number of hydrogen-bond acceptors (Lipinski definition) is 4. The summed E-state index contributed by atoms with van der Waals surface area (Å²) in [6.45, 7) is 0.00490. The molecule has 0 aliphatic rings. The van der Waals surface area contributed by atoms with Gasteiger partial charge in [0.2, 0.25) is 10.0 Å². The minimum atomic E-state index is -3.70. The first-order valence-electron chi connectivity index (χ1n) is 8.87. The molecule has 8 heteroatoms. The average Bonchev–Trinajstić information content (AvgIpc) is 2.75. The summed E-state index contributed by atoms with van der Waals surface area (Å²) >= 11 is 0. The zero-order chi connectivity index (χ0) is 20.7. The first-order valence-corrected chi connectivity index (χ1v) is 10.3. The molecule has 0 unspecified atom stereocenters. The summed E-state index contributed by atoms with van der Waals surface area (Å²) in [6.07, 6.45) is 0. The maximum Gasteiger partial charge on any atom is 0.265 e. The molecule has 0 fully saturated rings. The Kier molecular flexibility index (Phi) is 6.71. The third kappa shape index (κ3) is 5.71. The molecular weight excluding hydrogens is 393 g/mol. The quantitative estimate of drug-likeness (QED) is 0.496. The van der Waals surface area contributed by atoms with Crippen LogP contribution in [0.4, 0.5) is 4.39 Å². The van der Waals surface area contributed by atoms with E-state index in [2.05, 4.69) is 15.6 Å². The molecule has 1 atom stereocenters. The summed E-state index contributed by atoms with van der Waals surface area (Å²) in [5, 5.41) is 0. The van der Waals surface area contributed by atoms with Crippen LogP contribution >= 0.6 is 0 Å². The molecule has 0 saturated heterocycles. The van der Waals surface area contributed by atoms with Crippen LogP contribution in [-0.2, 0) is 10.0 Å². The van der Waals surface area contributed by atoms with Crippen LogP contribution in [0.5, 0.6) is 0 Å². The van der Waals surface area contributed by atoms with E-state index in [9.17, 15) is 17.6 Å². The molecule has 0 spiro atoms. The van der Waals surface area contributed by atoms with Crippen molar-refractivity contribution in [3.05, 3.63) is 102 Å². The van der Waals surface area contributed by atoms with Crippen molar-refractivity contribution in [2.45, 2.75) is 10.9 Å². The van der Waals surface area contributed by atoms with Crippen LogP contribution in [0.2, 0.25) is 0 Å². The zero-order valence-electron chi connectivity index (χ0n) is 15.4. The van der Waals surface area contributed by atoms with E-state index in [0.717, 1.165) is 5.56 Å². The molecule has 150 valence electrons. The van der Waals surface area contributed by atoms with Crippen molar-refractivity contribution in [2.75, 3.05) is 6.54 Å². The lowest BCUT2D eigenvalue weighted by atomic mass is 10.1. The van der Waals surface area contributed by atoms with Gasteiger partial charge in [0.1, 0.15) is 5.82 Å². The Morgan fingerprint density at radius 1 is 0.862 bits per heavy atom. The van der Waals surface area contributed by atoms with Crippen LogP contribution in [-0.4, -0.2) is 20.9 Å². The zero-order valence-corrected chi connectivity index (χ0v) is 16.2. The number of carbonyl (C=O) groups is 1. The van der Waals surface area contributed by atoms with E-state index in [-0.39, 0.29) is 17.0 Å². The molecule has 3 aromatic rings. The highest BCUT2D eigenvalue weighted by Gasteiger charge is 2.18. The van der Waals surface area contributed by atoms with Gasteiger partial charge in [-0.05, 0) is 42.0 Å². The van der Waals surface area contributed by atoms with E-state index >= 15 is 0 Å². The minimum absolute atomic E-state index is 0.00490. The second-order valence-corrected chi connectivity index (χ2v) is 8.00. The van der Waals surface area contributed by atoms with Crippen LogP contribution in [0.3, 0.4) is 0 Å². The summed E-state index contributed by atoms with van der Waals surface area (Å²) in [5.41, 5.74) is 6.45.